The van der Waals surface area contributed by atoms with Crippen LogP contribution in [-0.4, -0.2) is 39.4 Å². The Morgan fingerprint density at radius 2 is 2.19 bits per heavy atom. The van der Waals surface area contributed by atoms with Gasteiger partial charge in [-0.15, -0.1) is 5.10 Å². The standard InChI is InChI=1S/C18H21FN4O2S/c19-15-6-2-1-5-14(15)10-20-17(24)8-7-13-4-3-9-23(11-13)18(25)16-12-26-22-21-16/h1-2,5-6,12-13H,3-4,7-11H2,(H,20,24)/t13-/m1/s1. The second kappa shape index (κ2) is 8.84. The van der Waals surface area contributed by atoms with Gasteiger partial charge in [0.15, 0.2) is 5.69 Å². The molecule has 1 aromatic carbocycles. The van der Waals surface area contributed by atoms with Gasteiger partial charge < -0.3 is 10.2 Å². The van der Waals surface area contributed by atoms with Gasteiger partial charge in [0.2, 0.25) is 5.91 Å². The molecule has 2 heterocycles. The van der Waals surface area contributed by atoms with E-state index < -0.39 is 0 Å². The molecule has 6 nitrogen and oxygen atoms in total. The van der Waals surface area contributed by atoms with Gasteiger partial charge in [-0.3, -0.25) is 9.59 Å². The maximum Gasteiger partial charge on any atom is 0.275 e. The largest absolute Gasteiger partial charge is 0.352 e. The Balaban J connectivity index is 1.43. The predicted molar refractivity (Wildman–Crippen MR) is 96.0 cm³/mol. The molecule has 3 rings (SSSR count). The molecule has 1 saturated heterocycles. The summed E-state index contributed by atoms with van der Waals surface area (Å²) in [6.45, 7) is 1.54. The average molecular weight is 376 g/mol. The zero-order valence-corrected chi connectivity index (χ0v) is 15.2. The summed E-state index contributed by atoms with van der Waals surface area (Å²) in [5.74, 6) is -0.211. The third-order valence-electron chi connectivity index (χ3n) is 4.60. The fourth-order valence-electron chi connectivity index (χ4n) is 3.16. The number of carbonyl (C=O) groups is 2. The van der Waals surface area contributed by atoms with E-state index in [9.17, 15) is 14.0 Å². The van der Waals surface area contributed by atoms with E-state index in [-0.39, 0.29) is 24.2 Å². The van der Waals surface area contributed by atoms with Crippen LogP contribution in [0.2, 0.25) is 0 Å². The Morgan fingerprint density at radius 1 is 1.35 bits per heavy atom. The number of nitrogens with zero attached hydrogens (tertiary/aromatic N) is 3. The number of hydrogen-bond donors (Lipinski definition) is 1. The molecule has 138 valence electrons. The highest BCUT2D eigenvalue weighted by atomic mass is 32.1. The van der Waals surface area contributed by atoms with E-state index in [1.165, 1.54) is 6.07 Å². The van der Waals surface area contributed by atoms with E-state index in [1.807, 2.05) is 0 Å². The molecule has 0 saturated carbocycles. The maximum atomic E-state index is 13.6. The third kappa shape index (κ3) is 4.85. The van der Waals surface area contributed by atoms with Crippen LogP contribution in [0.15, 0.2) is 29.6 Å². The lowest BCUT2D eigenvalue weighted by Crippen LogP contribution is -2.40. The Bertz CT molecular complexity index is 753. The molecule has 0 radical (unpaired) electrons. The second-order valence-electron chi connectivity index (χ2n) is 6.46. The smallest absolute Gasteiger partial charge is 0.275 e. The highest BCUT2D eigenvalue weighted by molar-refractivity contribution is 7.03. The first-order chi connectivity index (χ1) is 12.6. The Kier molecular flexibility index (Phi) is 6.27. The molecule has 2 aromatic rings. The minimum Gasteiger partial charge on any atom is -0.352 e. The molecular formula is C18H21FN4O2S. The van der Waals surface area contributed by atoms with Crippen LogP contribution in [0.3, 0.4) is 0 Å². The van der Waals surface area contributed by atoms with Gasteiger partial charge >= 0.3 is 0 Å². The van der Waals surface area contributed by atoms with Crippen molar-refractivity contribution < 1.29 is 14.0 Å². The van der Waals surface area contributed by atoms with Gasteiger partial charge in [-0.25, -0.2) is 4.39 Å². The summed E-state index contributed by atoms with van der Waals surface area (Å²) in [5, 5.41) is 8.25. The Morgan fingerprint density at radius 3 is 2.96 bits per heavy atom. The molecule has 0 bridgehead atoms. The van der Waals surface area contributed by atoms with Crippen molar-refractivity contribution in [1.29, 1.82) is 0 Å². The van der Waals surface area contributed by atoms with Crippen LogP contribution >= 0.6 is 11.5 Å². The summed E-state index contributed by atoms with van der Waals surface area (Å²) in [6.07, 6.45) is 3.01. The first-order valence-corrected chi connectivity index (χ1v) is 9.53. The molecule has 26 heavy (non-hydrogen) atoms. The molecule has 1 aliphatic heterocycles. The van der Waals surface area contributed by atoms with Gasteiger partial charge in [0.25, 0.3) is 5.91 Å². The highest BCUT2D eigenvalue weighted by Crippen LogP contribution is 2.22. The Hall–Kier alpha value is -2.35. The van der Waals surface area contributed by atoms with Crippen LogP contribution in [0.25, 0.3) is 0 Å². The van der Waals surface area contributed by atoms with Crippen LogP contribution in [-0.2, 0) is 11.3 Å². The molecule has 0 unspecified atom stereocenters. The summed E-state index contributed by atoms with van der Waals surface area (Å²) < 4.78 is 17.3. The number of nitrogens with one attached hydrogen (secondary N) is 1. The molecule has 0 spiro atoms. The van der Waals surface area contributed by atoms with Gasteiger partial charge in [-0.05, 0) is 42.8 Å². The summed E-state index contributed by atoms with van der Waals surface area (Å²) in [6, 6.07) is 6.41. The van der Waals surface area contributed by atoms with Crippen molar-refractivity contribution in [3.8, 4) is 0 Å². The zero-order chi connectivity index (χ0) is 18.4. The fraction of sp³-hybridized carbons (Fsp3) is 0.444. The van der Waals surface area contributed by atoms with Crippen LogP contribution in [0.4, 0.5) is 4.39 Å². The predicted octanol–water partition coefficient (Wildman–Crippen LogP) is 2.63. The van der Waals surface area contributed by atoms with Crippen LogP contribution in [0.5, 0.6) is 0 Å². The van der Waals surface area contributed by atoms with Crippen molar-refractivity contribution in [1.82, 2.24) is 19.8 Å². The molecule has 8 heteroatoms. The second-order valence-corrected chi connectivity index (χ2v) is 7.07. The molecule has 2 amide bonds. The molecule has 1 atom stereocenters. The minimum absolute atomic E-state index is 0.0903. The van der Waals surface area contributed by atoms with Crippen LogP contribution < -0.4 is 5.32 Å². The Labute approximate surface area is 155 Å². The average Bonchev–Trinajstić information content (AvgIpc) is 3.20. The monoisotopic (exact) mass is 376 g/mol. The number of likely N-dealkylation sites (tertiary alicyclic amines) is 1. The first-order valence-electron chi connectivity index (χ1n) is 8.70. The number of aromatic nitrogens is 2. The van der Waals surface area contributed by atoms with E-state index in [0.717, 1.165) is 24.4 Å². The van der Waals surface area contributed by atoms with Crippen LogP contribution in [0, 0.1) is 11.7 Å². The third-order valence-corrected chi connectivity index (χ3v) is 5.10. The summed E-state index contributed by atoms with van der Waals surface area (Å²) in [5.41, 5.74) is 0.866. The van der Waals surface area contributed by atoms with Gasteiger partial charge in [-0.2, -0.15) is 0 Å². The van der Waals surface area contributed by atoms with E-state index in [2.05, 4.69) is 14.9 Å². The number of benzene rings is 1. The lowest BCUT2D eigenvalue weighted by molar-refractivity contribution is -0.121. The number of rotatable bonds is 6. The normalized spacial score (nSPS) is 17.1. The van der Waals surface area contributed by atoms with Gasteiger partial charge in [0.05, 0.1) is 0 Å². The van der Waals surface area contributed by atoms with Crippen molar-refractivity contribution in [3.63, 3.8) is 0 Å². The number of hydrogen-bond acceptors (Lipinski definition) is 5. The van der Waals surface area contributed by atoms with E-state index in [1.54, 1.807) is 28.5 Å². The zero-order valence-electron chi connectivity index (χ0n) is 14.4. The highest BCUT2D eigenvalue weighted by Gasteiger charge is 2.26. The summed E-state index contributed by atoms with van der Waals surface area (Å²) >= 11 is 1.16. The van der Waals surface area contributed by atoms with Crippen molar-refractivity contribution >= 4 is 23.3 Å². The quantitative estimate of drug-likeness (QED) is 0.841. The molecule has 1 aliphatic rings. The molecule has 1 N–H and O–H groups in total. The van der Waals surface area contributed by atoms with Crippen molar-refractivity contribution in [3.05, 3.63) is 46.7 Å². The van der Waals surface area contributed by atoms with Gasteiger partial charge in [0.1, 0.15) is 5.82 Å². The molecule has 0 aliphatic carbocycles. The first kappa shape index (κ1) is 18.4. The van der Waals surface area contributed by atoms with E-state index in [0.29, 0.717) is 43.1 Å². The van der Waals surface area contributed by atoms with E-state index in [4.69, 9.17) is 0 Å². The molecule has 1 aromatic heterocycles. The van der Waals surface area contributed by atoms with Gasteiger partial charge in [-0.1, -0.05) is 22.7 Å². The van der Waals surface area contributed by atoms with E-state index >= 15 is 0 Å². The van der Waals surface area contributed by atoms with Crippen molar-refractivity contribution in [2.75, 3.05) is 13.1 Å². The lowest BCUT2D eigenvalue weighted by atomic mass is 9.93. The lowest BCUT2D eigenvalue weighted by Gasteiger charge is -2.32. The minimum atomic E-state index is -0.314. The number of piperidine rings is 1. The fourth-order valence-corrected chi connectivity index (χ4v) is 3.59. The topological polar surface area (TPSA) is 75.2 Å². The van der Waals surface area contributed by atoms with Crippen molar-refractivity contribution in [2.24, 2.45) is 5.92 Å². The van der Waals surface area contributed by atoms with Gasteiger partial charge in [0, 0.05) is 37.0 Å². The number of halogens is 1. The molecular weight excluding hydrogens is 355 g/mol. The van der Waals surface area contributed by atoms with Crippen LogP contribution in [0.1, 0.15) is 41.7 Å². The summed E-state index contributed by atoms with van der Waals surface area (Å²) in [7, 11) is 0. The van der Waals surface area contributed by atoms with Crippen molar-refractivity contribution in [2.45, 2.75) is 32.2 Å². The molecule has 1 fully saturated rings. The number of carbonyl (C=O) groups excluding carboxylic acids is 2. The SMILES string of the molecule is O=C(CC[C@H]1CCCN(C(=O)c2csnn2)C1)NCc1ccccc1F. The maximum absolute atomic E-state index is 13.6. The number of amides is 2. The summed E-state index contributed by atoms with van der Waals surface area (Å²) in [4.78, 5) is 26.2.